The summed E-state index contributed by atoms with van der Waals surface area (Å²) in [4.78, 5) is 17.5. The third-order valence-electron chi connectivity index (χ3n) is 6.76. The molecule has 1 saturated carbocycles. The van der Waals surface area contributed by atoms with E-state index in [4.69, 9.17) is 9.47 Å². The normalized spacial score (nSPS) is 24.8. The Labute approximate surface area is 185 Å². The number of fused-ring (bicyclic) bond motifs is 1. The highest BCUT2D eigenvalue weighted by Crippen LogP contribution is 2.46. The van der Waals surface area contributed by atoms with E-state index in [0.29, 0.717) is 20.1 Å². The van der Waals surface area contributed by atoms with E-state index in [0.717, 1.165) is 36.4 Å². The van der Waals surface area contributed by atoms with Gasteiger partial charge in [0.25, 0.3) is 5.91 Å². The van der Waals surface area contributed by atoms with Crippen LogP contribution in [0.3, 0.4) is 0 Å². The van der Waals surface area contributed by atoms with E-state index in [1.54, 1.807) is 20.3 Å². The van der Waals surface area contributed by atoms with Crippen LogP contribution in [0.2, 0.25) is 0 Å². The molecule has 0 N–H and O–H groups in total. The number of rotatable bonds is 5. The third kappa shape index (κ3) is 3.97. The van der Waals surface area contributed by atoms with Gasteiger partial charge in [-0.1, -0.05) is 39.3 Å². The molecule has 3 aliphatic heterocycles. The fourth-order valence-corrected chi connectivity index (χ4v) is 6.05. The van der Waals surface area contributed by atoms with E-state index >= 15 is 0 Å². The summed E-state index contributed by atoms with van der Waals surface area (Å²) in [5.41, 5.74) is 3.57. The molecule has 0 aromatic heterocycles. The first kappa shape index (κ1) is 20.5. The minimum Gasteiger partial charge on any atom is -0.493 e. The Morgan fingerprint density at radius 3 is 2.65 bits per heavy atom. The number of hydrogen-bond acceptors (Lipinski definition) is 4. The van der Waals surface area contributed by atoms with Crippen LogP contribution in [0.25, 0.3) is 5.31 Å². The third-order valence-corrected chi connectivity index (χ3v) is 8.27. The van der Waals surface area contributed by atoms with Gasteiger partial charge in [0.1, 0.15) is 0 Å². The molecule has 31 heavy (non-hydrogen) atoms. The Bertz CT molecular complexity index is 1010. The lowest BCUT2D eigenvalue weighted by atomic mass is 9.89. The van der Waals surface area contributed by atoms with Crippen LogP contribution in [-0.4, -0.2) is 54.8 Å². The second kappa shape index (κ2) is 8.64. The number of carbonyl (C=O) groups is 1. The zero-order valence-electron chi connectivity index (χ0n) is 18.1. The quantitative estimate of drug-likeness (QED) is 0.636. The van der Waals surface area contributed by atoms with E-state index in [1.165, 1.54) is 30.4 Å². The Morgan fingerprint density at radius 2 is 1.97 bits per heavy atom. The van der Waals surface area contributed by atoms with Crippen LogP contribution in [0.15, 0.2) is 59.8 Å². The first-order valence-electron chi connectivity index (χ1n) is 11.0. The maximum Gasteiger partial charge on any atom is 0.252 e. The highest BCUT2D eigenvalue weighted by Gasteiger charge is 2.30. The lowest BCUT2D eigenvalue weighted by Gasteiger charge is -2.40. The molecule has 4 aliphatic rings. The molecule has 1 amide bonds. The molecular weight excluding hydrogens is 407 g/mol. The molecule has 2 unspecified atom stereocenters. The number of amides is 1. The molecule has 1 aromatic carbocycles. The van der Waals surface area contributed by atoms with Crippen LogP contribution in [0, 0.1) is 0 Å². The molecule has 5 rings (SSSR count). The van der Waals surface area contributed by atoms with Gasteiger partial charge in [0.15, 0.2) is 11.5 Å². The average Bonchev–Trinajstić information content (AvgIpc) is 2.77. The Morgan fingerprint density at radius 1 is 1.13 bits per heavy atom. The van der Waals surface area contributed by atoms with Gasteiger partial charge in [-0.15, -0.1) is 0 Å². The first-order chi connectivity index (χ1) is 15.2. The summed E-state index contributed by atoms with van der Waals surface area (Å²) >= 11 is 0. The largest absolute Gasteiger partial charge is 0.493 e. The number of carbonyl (C=O) groups excluding carboxylic acids is 1. The Hall–Kier alpha value is -2.36. The number of allylic oxidation sites excluding steroid dienone is 2. The summed E-state index contributed by atoms with van der Waals surface area (Å²) in [6.07, 6.45) is 15.8. The van der Waals surface area contributed by atoms with Crippen molar-refractivity contribution in [3.63, 3.8) is 0 Å². The van der Waals surface area contributed by atoms with Crippen LogP contribution in [0.1, 0.15) is 31.2 Å². The van der Waals surface area contributed by atoms with Crippen molar-refractivity contribution in [3.8, 4) is 11.5 Å². The molecule has 1 aromatic rings. The second-order valence-corrected chi connectivity index (χ2v) is 9.88. The number of hydrogen-bond donors (Lipinski definition) is 0. The molecule has 3 heterocycles. The van der Waals surface area contributed by atoms with Gasteiger partial charge in [-0.3, -0.25) is 9.69 Å². The van der Waals surface area contributed by atoms with E-state index in [2.05, 4.69) is 29.3 Å². The highest BCUT2D eigenvalue weighted by atomic mass is 31.1. The molecule has 0 saturated heterocycles. The van der Waals surface area contributed by atoms with E-state index < -0.39 is 0 Å². The van der Waals surface area contributed by atoms with Crippen LogP contribution >= 0.6 is 8.58 Å². The predicted molar refractivity (Wildman–Crippen MR) is 126 cm³/mol. The molecule has 2 atom stereocenters. The lowest BCUT2D eigenvalue weighted by Crippen LogP contribution is -2.42. The molecule has 1 aliphatic carbocycles. The number of methoxy groups -OCH3 is 2. The van der Waals surface area contributed by atoms with Crippen LogP contribution in [0.4, 0.5) is 0 Å². The van der Waals surface area contributed by atoms with Crippen LogP contribution < -0.4 is 9.47 Å². The van der Waals surface area contributed by atoms with Crippen molar-refractivity contribution < 1.29 is 14.3 Å². The molecule has 0 radical (unpaired) electrons. The zero-order valence-corrected chi connectivity index (χ0v) is 19.1. The summed E-state index contributed by atoms with van der Waals surface area (Å²) in [5.74, 6) is 1.51. The minimum atomic E-state index is 0.0443. The monoisotopic (exact) mass is 436 g/mol. The van der Waals surface area contributed by atoms with Gasteiger partial charge in [0.2, 0.25) is 0 Å². The Balaban J connectivity index is 1.33. The smallest absolute Gasteiger partial charge is 0.252 e. The Kier molecular flexibility index (Phi) is 5.73. The predicted octanol–water partition coefficient (Wildman–Crippen LogP) is 4.53. The van der Waals surface area contributed by atoms with Crippen molar-refractivity contribution in [2.24, 2.45) is 0 Å². The molecule has 0 spiro atoms. The molecule has 162 valence electrons. The molecule has 1 fully saturated rings. The SMILES string of the molecule is COc1ccc(C2=CC(=O)N3C=C(C4=CCN(C5CCC5)CC4)C=CC3P2)cc1OC. The van der Waals surface area contributed by atoms with Crippen molar-refractivity contribution in [2.45, 2.75) is 37.5 Å². The van der Waals surface area contributed by atoms with Crippen molar-refractivity contribution in [2.75, 3.05) is 27.3 Å². The lowest BCUT2D eigenvalue weighted by molar-refractivity contribution is -0.123. The van der Waals surface area contributed by atoms with Gasteiger partial charge in [-0.2, -0.15) is 0 Å². The summed E-state index contributed by atoms with van der Waals surface area (Å²) in [6, 6.07) is 6.64. The van der Waals surface area contributed by atoms with E-state index in [-0.39, 0.29) is 11.7 Å². The topological polar surface area (TPSA) is 42.0 Å². The molecule has 0 bridgehead atoms. The van der Waals surface area contributed by atoms with Gasteiger partial charge in [-0.05, 0) is 53.4 Å². The van der Waals surface area contributed by atoms with Crippen molar-refractivity contribution in [1.29, 1.82) is 0 Å². The number of nitrogens with zero attached hydrogens (tertiary/aromatic N) is 2. The zero-order chi connectivity index (χ0) is 21.4. The molecule has 6 heteroatoms. The second-order valence-electron chi connectivity index (χ2n) is 8.47. The highest BCUT2D eigenvalue weighted by molar-refractivity contribution is 7.51. The standard InChI is InChI=1S/C25H29N2O3P/c1-29-21-8-6-18(14-22(21)30-2)23-15-24(28)27-16-19(7-9-25(27)31-23)17-10-12-26(13-11-17)20-4-3-5-20/h6-10,14-16,20,25,31H,3-5,11-13H2,1-2H3. The summed E-state index contributed by atoms with van der Waals surface area (Å²) in [6.45, 7) is 2.16. The van der Waals surface area contributed by atoms with Gasteiger partial charge >= 0.3 is 0 Å². The van der Waals surface area contributed by atoms with Gasteiger partial charge in [-0.25, -0.2) is 0 Å². The fraction of sp³-hybridized carbons (Fsp3) is 0.400. The van der Waals surface area contributed by atoms with Crippen molar-refractivity contribution >= 4 is 19.8 Å². The van der Waals surface area contributed by atoms with Crippen LogP contribution in [-0.2, 0) is 4.79 Å². The fourth-order valence-electron chi connectivity index (χ4n) is 4.67. The number of ether oxygens (including phenoxy) is 2. The average molecular weight is 436 g/mol. The number of benzene rings is 1. The molecular formula is C25H29N2O3P. The molecule has 5 nitrogen and oxygen atoms in total. The summed E-state index contributed by atoms with van der Waals surface area (Å²) in [5, 5.41) is 1.06. The first-order valence-corrected chi connectivity index (χ1v) is 12.1. The maximum absolute atomic E-state index is 13.0. The van der Waals surface area contributed by atoms with Crippen molar-refractivity contribution in [1.82, 2.24) is 9.80 Å². The summed E-state index contributed by atoms with van der Waals surface area (Å²) < 4.78 is 10.8. The van der Waals surface area contributed by atoms with Gasteiger partial charge < -0.3 is 14.4 Å². The van der Waals surface area contributed by atoms with Gasteiger partial charge in [0.05, 0.1) is 20.0 Å². The van der Waals surface area contributed by atoms with Crippen LogP contribution in [0.5, 0.6) is 11.5 Å². The van der Waals surface area contributed by atoms with E-state index in [1.807, 2.05) is 23.1 Å². The van der Waals surface area contributed by atoms with Crippen molar-refractivity contribution in [3.05, 3.63) is 65.4 Å². The van der Waals surface area contributed by atoms with Gasteiger partial charge in [0, 0.05) is 31.4 Å². The minimum absolute atomic E-state index is 0.0443. The maximum atomic E-state index is 13.0. The summed E-state index contributed by atoms with van der Waals surface area (Å²) in [7, 11) is 3.75. The van der Waals surface area contributed by atoms with E-state index in [9.17, 15) is 4.79 Å².